The van der Waals surface area contributed by atoms with E-state index in [0.717, 1.165) is 21.3 Å². The molecule has 1 amide bonds. The molecule has 7 heteroatoms. The van der Waals surface area contributed by atoms with Crippen molar-refractivity contribution in [3.05, 3.63) is 69.4 Å². The van der Waals surface area contributed by atoms with Crippen LogP contribution in [0.25, 0.3) is 17.0 Å². The molecule has 3 aromatic rings. The Kier molecular flexibility index (Phi) is 4.83. The third-order valence-corrected chi connectivity index (χ3v) is 5.78. The number of hydrogen-bond acceptors (Lipinski definition) is 6. The lowest BCUT2D eigenvalue weighted by Crippen LogP contribution is -2.20. The van der Waals surface area contributed by atoms with Crippen LogP contribution in [0, 0.1) is 0 Å². The second-order valence-electron chi connectivity index (χ2n) is 5.70. The molecule has 3 heterocycles. The predicted octanol–water partition coefficient (Wildman–Crippen LogP) is 3.59. The van der Waals surface area contributed by atoms with Crippen molar-refractivity contribution in [2.24, 2.45) is 4.99 Å². The number of carbonyl (C=O) groups is 1. The average Bonchev–Trinajstić information content (AvgIpc) is 3.30. The van der Waals surface area contributed by atoms with E-state index in [1.54, 1.807) is 6.20 Å². The Labute approximate surface area is 158 Å². The summed E-state index contributed by atoms with van der Waals surface area (Å²) in [6, 6.07) is 13.5. The smallest absolute Gasteiger partial charge is 0.264 e. The fourth-order valence-electron chi connectivity index (χ4n) is 2.58. The van der Waals surface area contributed by atoms with E-state index in [1.165, 1.54) is 23.1 Å². The second-order valence-corrected chi connectivity index (χ2v) is 7.71. The van der Waals surface area contributed by atoms with E-state index in [4.69, 9.17) is 0 Å². The van der Waals surface area contributed by atoms with Gasteiger partial charge in [-0.3, -0.25) is 14.8 Å². The van der Waals surface area contributed by atoms with Crippen molar-refractivity contribution in [1.29, 1.82) is 0 Å². The van der Waals surface area contributed by atoms with E-state index >= 15 is 0 Å². The molecular weight excluding hydrogens is 366 g/mol. The van der Waals surface area contributed by atoms with Gasteiger partial charge in [0.2, 0.25) is 0 Å². The van der Waals surface area contributed by atoms with Gasteiger partial charge in [-0.1, -0.05) is 18.2 Å². The van der Waals surface area contributed by atoms with E-state index in [9.17, 15) is 9.90 Å². The van der Waals surface area contributed by atoms with Crippen LogP contribution < -0.4 is 5.32 Å². The SMILES string of the molecule is O=C1NC(=NCC(O)c2cccs2)SC1=Cc1ccc2ncccc2c1. The van der Waals surface area contributed by atoms with E-state index < -0.39 is 6.10 Å². The Bertz CT molecular complexity index is 1010. The number of nitrogens with one attached hydrogen (secondary N) is 1. The highest BCUT2D eigenvalue weighted by Crippen LogP contribution is 2.27. The fraction of sp³-hybridized carbons (Fsp3) is 0.105. The lowest BCUT2D eigenvalue weighted by Gasteiger charge is -2.04. The molecule has 0 saturated carbocycles. The van der Waals surface area contributed by atoms with Gasteiger partial charge in [-0.25, -0.2) is 0 Å². The Balaban J connectivity index is 1.49. The molecule has 1 fully saturated rings. The standard InChI is InChI=1S/C19H15N3O2S2/c23-15(16-4-2-8-25-16)11-21-19-22-18(24)17(26-19)10-12-5-6-14-13(9-12)3-1-7-20-14/h1-10,15,23H,11H2,(H,21,22,24). The van der Waals surface area contributed by atoms with Gasteiger partial charge in [0.15, 0.2) is 5.17 Å². The van der Waals surface area contributed by atoms with Crippen molar-refractivity contribution in [2.75, 3.05) is 6.54 Å². The minimum atomic E-state index is -0.652. The van der Waals surface area contributed by atoms with Crippen molar-refractivity contribution >= 4 is 51.2 Å². The first-order chi connectivity index (χ1) is 12.7. The summed E-state index contributed by atoms with van der Waals surface area (Å²) in [5, 5.41) is 16.3. The second kappa shape index (κ2) is 7.41. The molecule has 26 heavy (non-hydrogen) atoms. The number of hydrogen-bond donors (Lipinski definition) is 2. The number of aliphatic hydroxyl groups excluding tert-OH is 1. The third-order valence-electron chi connectivity index (χ3n) is 3.86. The molecule has 1 aromatic carbocycles. The Morgan fingerprint density at radius 1 is 1.27 bits per heavy atom. The molecule has 4 rings (SSSR count). The lowest BCUT2D eigenvalue weighted by atomic mass is 10.1. The molecule has 1 saturated heterocycles. The van der Waals surface area contributed by atoms with E-state index in [1.807, 2.05) is 53.9 Å². The van der Waals surface area contributed by atoms with Crippen LogP contribution in [0.1, 0.15) is 16.5 Å². The minimum Gasteiger partial charge on any atom is -0.386 e. The number of aliphatic imine (C=N–C) groups is 1. The fourth-order valence-corrected chi connectivity index (χ4v) is 4.11. The van der Waals surface area contributed by atoms with Crippen LogP contribution in [0.15, 0.2) is 63.9 Å². The number of pyridine rings is 1. The van der Waals surface area contributed by atoms with Crippen LogP contribution in [0.4, 0.5) is 0 Å². The van der Waals surface area contributed by atoms with Crippen LogP contribution >= 0.6 is 23.1 Å². The van der Waals surface area contributed by atoms with Crippen LogP contribution in [0.3, 0.4) is 0 Å². The number of thioether (sulfide) groups is 1. The molecule has 0 spiro atoms. The van der Waals surface area contributed by atoms with Crippen LogP contribution in [0.2, 0.25) is 0 Å². The quantitative estimate of drug-likeness (QED) is 0.677. The van der Waals surface area contributed by atoms with Gasteiger partial charge in [0, 0.05) is 16.5 Å². The molecule has 0 aliphatic carbocycles. The number of carbonyl (C=O) groups excluding carboxylic acids is 1. The third kappa shape index (κ3) is 3.70. The Morgan fingerprint density at radius 3 is 3.04 bits per heavy atom. The number of aliphatic hydroxyl groups is 1. The normalized spacial score (nSPS) is 18.6. The number of benzene rings is 1. The van der Waals surface area contributed by atoms with Gasteiger partial charge >= 0.3 is 0 Å². The molecule has 0 radical (unpaired) electrons. The molecule has 2 aromatic heterocycles. The van der Waals surface area contributed by atoms with Crippen LogP contribution in [0.5, 0.6) is 0 Å². The zero-order valence-electron chi connectivity index (χ0n) is 13.6. The molecule has 1 aliphatic rings. The zero-order valence-corrected chi connectivity index (χ0v) is 15.3. The maximum atomic E-state index is 12.2. The number of amides is 1. The van der Waals surface area contributed by atoms with Gasteiger partial charge in [0.05, 0.1) is 17.0 Å². The summed E-state index contributed by atoms with van der Waals surface area (Å²) in [7, 11) is 0. The lowest BCUT2D eigenvalue weighted by molar-refractivity contribution is -0.115. The van der Waals surface area contributed by atoms with Crippen molar-refractivity contribution in [2.45, 2.75) is 6.10 Å². The summed E-state index contributed by atoms with van der Waals surface area (Å²) in [5.74, 6) is -0.175. The molecule has 5 nitrogen and oxygen atoms in total. The largest absolute Gasteiger partial charge is 0.386 e. The Morgan fingerprint density at radius 2 is 2.19 bits per heavy atom. The first-order valence-electron chi connectivity index (χ1n) is 8.01. The highest BCUT2D eigenvalue weighted by atomic mass is 32.2. The molecular formula is C19H15N3O2S2. The number of aromatic nitrogens is 1. The average molecular weight is 381 g/mol. The molecule has 1 aliphatic heterocycles. The summed E-state index contributed by atoms with van der Waals surface area (Å²) in [6.45, 7) is 0.220. The van der Waals surface area contributed by atoms with Gasteiger partial charge < -0.3 is 10.4 Å². The first kappa shape index (κ1) is 17.0. The summed E-state index contributed by atoms with van der Waals surface area (Å²) < 4.78 is 0. The Hall–Kier alpha value is -2.48. The predicted molar refractivity (Wildman–Crippen MR) is 107 cm³/mol. The molecule has 2 N–H and O–H groups in total. The van der Waals surface area contributed by atoms with Gasteiger partial charge in [-0.2, -0.15) is 0 Å². The first-order valence-corrected chi connectivity index (χ1v) is 9.70. The summed E-state index contributed by atoms with van der Waals surface area (Å²) >= 11 is 2.77. The zero-order chi connectivity index (χ0) is 17.9. The van der Waals surface area contributed by atoms with Gasteiger partial charge in [0.1, 0.15) is 6.10 Å². The number of amidine groups is 1. The van der Waals surface area contributed by atoms with E-state index in [0.29, 0.717) is 10.1 Å². The number of rotatable bonds is 4. The van der Waals surface area contributed by atoms with Gasteiger partial charge in [-0.15, -0.1) is 11.3 Å². The summed E-state index contributed by atoms with van der Waals surface area (Å²) in [5.41, 5.74) is 1.85. The highest BCUT2D eigenvalue weighted by Gasteiger charge is 2.24. The van der Waals surface area contributed by atoms with Crippen molar-refractivity contribution < 1.29 is 9.90 Å². The summed E-state index contributed by atoms with van der Waals surface area (Å²) in [6.07, 6.45) is 2.94. The summed E-state index contributed by atoms with van der Waals surface area (Å²) in [4.78, 5) is 22.2. The van der Waals surface area contributed by atoms with Crippen molar-refractivity contribution in [1.82, 2.24) is 10.3 Å². The molecule has 1 atom stereocenters. The number of nitrogens with zero attached hydrogens (tertiary/aromatic N) is 2. The highest BCUT2D eigenvalue weighted by molar-refractivity contribution is 8.18. The molecule has 130 valence electrons. The number of thiophene rings is 1. The molecule has 0 bridgehead atoms. The molecule has 1 unspecified atom stereocenters. The van der Waals surface area contributed by atoms with Gasteiger partial charge in [-0.05, 0) is 53.0 Å². The maximum absolute atomic E-state index is 12.2. The topological polar surface area (TPSA) is 74.6 Å². The van der Waals surface area contributed by atoms with Crippen molar-refractivity contribution in [3.63, 3.8) is 0 Å². The number of fused-ring (bicyclic) bond motifs is 1. The maximum Gasteiger partial charge on any atom is 0.264 e. The van der Waals surface area contributed by atoms with Gasteiger partial charge in [0.25, 0.3) is 5.91 Å². The van der Waals surface area contributed by atoms with Crippen LogP contribution in [-0.2, 0) is 4.79 Å². The minimum absolute atomic E-state index is 0.175. The van der Waals surface area contributed by atoms with Crippen LogP contribution in [-0.4, -0.2) is 27.7 Å². The monoisotopic (exact) mass is 381 g/mol. The van der Waals surface area contributed by atoms with Crippen molar-refractivity contribution in [3.8, 4) is 0 Å². The van der Waals surface area contributed by atoms with E-state index in [-0.39, 0.29) is 12.5 Å². The van der Waals surface area contributed by atoms with E-state index in [2.05, 4.69) is 15.3 Å².